The molecule has 0 spiro atoms. The van der Waals surface area contributed by atoms with Crippen LogP contribution in [0.15, 0.2) is 42.5 Å². The van der Waals surface area contributed by atoms with E-state index in [0.717, 1.165) is 59.3 Å². The molecule has 158 valence electrons. The van der Waals surface area contributed by atoms with E-state index in [-0.39, 0.29) is 0 Å². The third kappa shape index (κ3) is 3.82. The SMILES string of the molecule is CCCCOC(=O)Nc1ccc(-c2c(N)c3ccc(OC)cc3n2C2CCC2)cc1. The fourth-order valence-electron chi connectivity index (χ4n) is 3.94. The van der Waals surface area contributed by atoms with Gasteiger partial charge in [0.1, 0.15) is 5.75 Å². The van der Waals surface area contributed by atoms with Crippen LogP contribution in [0.2, 0.25) is 0 Å². The zero-order valence-electron chi connectivity index (χ0n) is 17.6. The number of hydrogen-bond acceptors (Lipinski definition) is 4. The van der Waals surface area contributed by atoms with Crippen molar-refractivity contribution >= 4 is 28.4 Å². The number of carbonyl (C=O) groups excluding carboxylic acids is 1. The summed E-state index contributed by atoms with van der Waals surface area (Å²) in [6, 6.07) is 14.3. The van der Waals surface area contributed by atoms with Crippen LogP contribution in [-0.2, 0) is 4.74 Å². The van der Waals surface area contributed by atoms with Gasteiger partial charge >= 0.3 is 6.09 Å². The van der Waals surface area contributed by atoms with Gasteiger partial charge in [-0.05, 0) is 49.9 Å². The molecular formula is C24H29N3O3. The van der Waals surface area contributed by atoms with Gasteiger partial charge in [-0.3, -0.25) is 5.32 Å². The lowest BCUT2D eigenvalue weighted by atomic mass is 9.92. The van der Waals surface area contributed by atoms with Crippen LogP contribution in [0.3, 0.4) is 0 Å². The minimum Gasteiger partial charge on any atom is -0.497 e. The molecule has 0 atom stereocenters. The number of amides is 1. The van der Waals surface area contributed by atoms with E-state index in [1.807, 2.05) is 36.4 Å². The van der Waals surface area contributed by atoms with Crippen molar-refractivity contribution < 1.29 is 14.3 Å². The summed E-state index contributed by atoms with van der Waals surface area (Å²) in [4.78, 5) is 11.9. The van der Waals surface area contributed by atoms with Crippen molar-refractivity contribution in [2.45, 2.75) is 45.1 Å². The summed E-state index contributed by atoms with van der Waals surface area (Å²) in [5, 5.41) is 3.82. The smallest absolute Gasteiger partial charge is 0.411 e. The quantitative estimate of drug-likeness (QED) is 0.473. The number of unbranched alkanes of at least 4 members (excludes halogenated alkanes) is 1. The molecule has 6 nitrogen and oxygen atoms in total. The summed E-state index contributed by atoms with van der Waals surface area (Å²) in [7, 11) is 1.68. The number of nitrogens with one attached hydrogen (secondary N) is 1. The van der Waals surface area contributed by atoms with E-state index in [2.05, 4.69) is 22.9 Å². The zero-order chi connectivity index (χ0) is 21.1. The number of nitrogen functional groups attached to an aromatic ring is 1. The zero-order valence-corrected chi connectivity index (χ0v) is 17.6. The Morgan fingerprint density at radius 1 is 1.20 bits per heavy atom. The number of aromatic nitrogens is 1. The Bertz CT molecular complexity index is 1040. The maximum Gasteiger partial charge on any atom is 0.411 e. The van der Waals surface area contributed by atoms with Crippen molar-refractivity contribution in [3.05, 3.63) is 42.5 Å². The predicted octanol–water partition coefficient (Wildman–Crippen LogP) is 5.97. The lowest BCUT2D eigenvalue weighted by Crippen LogP contribution is -2.18. The predicted molar refractivity (Wildman–Crippen MR) is 121 cm³/mol. The summed E-state index contributed by atoms with van der Waals surface area (Å²) in [6.45, 7) is 2.49. The molecule has 1 heterocycles. The first kappa shape index (κ1) is 20.1. The summed E-state index contributed by atoms with van der Waals surface area (Å²) >= 11 is 0. The second kappa shape index (κ2) is 8.69. The third-order valence-corrected chi connectivity index (χ3v) is 5.83. The number of fused-ring (bicyclic) bond motifs is 1. The number of nitrogens with two attached hydrogens (primary N) is 1. The van der Waals surface area contributed by atoms with Gasteiger partial charge in [0, 0.05) is 28.7 Å². The van der Waals surface area contributed by atoms with Gasteiger partial charge in [-0.1, -0.05) is 25.5 Å². The molecule has 1 amide bonds. The Hall–Kier alpha value is -3.15. The average Bonchev–Trinajstić information content (AvgIpc) is 2.99. The van der Waals surface area contributed by atoms with Gasteiger partial charge in [-0.2, -0.15) is 0 Å². The summed E-state index contributed by atoms with van der Waals surface area (Å²) in [6.07, 6.45) is 4.96. The highest BCUT2D eigenvalue weighted by Crippen LogP contribution is 2.44. The van der Waals surface area contributed by atoms with Crippen LogP contribution in [0.1, 0.15) is 45.1 Å². The highest BCUT2D eigenvalue weighted by atomic mass is 16.5. The van der Waals surface area contributed by atoms with E-state index in [4.69, 9.17) is 15.2 Å². The fourth-order valence-corrected chi connectivity index (χ4v) is 3.94. The van der Waals surface area contributed by atoms with Crippen molar-refractivity contribution in [1.29, 1.82) is 0 Å². The second-order valence-corrected chi connectivity index (χ2v) is 7.79. The van der Waals surface area contributed by atoms with Crippen molar-refractivity contribution in [2.75, 3.05) is 24.8 Å². The molecule has 2 aromatic carbocycles. The minimum absolute atomic E-state index is 0.425. The Kier molecular flexibility index (Phi) is 5.84. The molecule has 4 rings (SSSR count). The number of carbonyl (C=O) groups is 1. The van der Waals surface area contributed by atoms with Crippen LogP contribution in [0.4, 0.5) is 16.2 Å². The maximum absolute atomic E-state index is 11.9. The van der Waals surface area contributed by atoms with Gasteiger partial charge in [-0.15, -0.1) is 0 Å². The van der Waals surface area contributed by atoms with Crippen molar-refractivity contribution in [3.63, 3.8) is 0 Å². The number of rotatable bonds is 7. The molecule has 0 aliphatic heterocycles. The van der Waals surface area contributed by atoms with Crippen LogP contribution in [-0.4, -0.2) is 24.4 Å². The molecule has 1 aromatic heterocycles. The Morgan fingerprint density at radius 3 is 2.60 bits per heavy atom. The standard InChI is InChI=1S/C24H29N3O3/c1-3-4-14-30-24(28)26-17-10-8-16(9-11-17)23-22(25)20-13-12-19(29-2)15-21(20)27(23)18-6-5-7-18/h8-13,15,18H,3-7,14,25H2,1-2H3,(H,26,28). The van der Waals surface area contributed by atoms with Gasteiger partial charge in [0.05, 0.1) is 30.6 Å². The molecule has 6 heteroatoms. The second-order valence-electron chi connectivity index (χ2n) is 7.79. The van der Waals surface area contributed by atoms with E-state index in [0.29, 0.717) is 18.3 Å². The molecule has 0 saturated heterocycles. The van der Waals surface area contributed by atoms with E-state index < -0.39 is 6.09 Å². The van der Waals surface area contributed by atoms with Crippen molar-refractivity contribution in [3.8, 4) is 17.0 Å². The van der Waals surface area contributed by atoms with Gasteiger partial charge in [0.2, 0.25) is 0 Å². The lowest BCUT2D eigenvalue weighted by molar-refractivity contribution is 0.160. The minimum atomic E-state index is -0.425. The van der Waals surface area contributed by atoms with E-state index >= 15 is 0 Å². The van der Waals surface area contributed by atoms with Crippen LogP contribution < -0.4 is 15.8 Å². The molecule has 0 unspecified atom stereocenters. The van der Waals surface area contributed by atoms with Crippen molar-refractivity contribution in [1.82, 2.24) is 4.57 Å². The maximum atomic E-state index is 11.9. The molecule has 3 N–H and O–H groups in total. The highest BCUT2D eigenvalue weighted by molar-refractivity contribution is 6.01. The molecule has 0 radical (unpaired) electrons. The van der Waals surface area contributed by atoms with E-state index in [1.54, 1.807) is 7.11 Å². The first-order chi connectivity index (χ1) is 14.6. The fraction of sp³-hybridized carbons (Fsp3) is 0.375. The number of nitrogens with zero attached hydrogens (tertiary/aromatic N) is 1. The first-order valence-corrected chi connectivity index (χ1v) is 10.6. The molecule has 3 aromatic rings. The van der Waals surface area contributed by atoms with Crippen LogP contribution >= 0.6 is 0 Å². The van der Waals surface area contributed by atoms with E-state index in [1.165, 1.54) is 6.42 Å². The molecule has 1 aliphatic carbocycles. The Labute approximate surface area is 177 Å². The summed E-state index contributed by atoms with van der Waals surface area (Å²) in [5.41, 5.74) is 11.3. The normalized spacial score (nSPS) is 13.8. The average molecular weight is 408 g/mol. The van der Waals surface area contributed by atoms with Crippen LogP contribution in [0.25, 0.3) is 22.2 Å². The molecule has 0 bridgehead atoms. The molecule has 1 fully saturated rings. The van der Waals surface area contributed by atoms with Gasteiger partial charge in [-0.25, -0.2) is 4.79 Å². The van der Waals surface area contributed by atoms with Crippen LogP contribution in [0, 0.1) is 0 Å². The number of hydrogen-bond donors (Lipinski definition) is 2. The third-order valence-electron chi connectivity index (χ3n) is 5.83. The van der Waals surface area contributed by atoms with Crippen molar-refractivity contribution in [2.24, 2.45) is 0 Å². The van der Waals surface area contributed by atoms with Crippen LogP contribution in [0.5, 0.6) is 5.75 Å². The number of ether oxygens (including phenoxy) is 2. The highest BCUT2D eigenvalue weighted by Gasteiger charge is 2.27. The van der Waals surface area contributed by atoms with Gasteiger partial charge < -0.3 is 19.8 Å². The van der Waals surface area contributed by atoms with E-state index in [9.17, 15) is 4.79 Å². The Balaban J connectivity index is 1.65. The van der Waals surface area contributed by atoms with Gasteiger partial charge in [0.15, 0.2) is 0 Å². The molecule has 1 aliphatic rings. The first-order valence-electron chi connectivity index (χ1n) is 10.6. The summed E-state index contributed by atoms with van der Waals surface area (Å²) in [5.74, 6) is 0.827. The largest absolute Gasteiger partial charge is 0.497 e. The topological polar surface area (TPSA) is 78.5 Å². The summed E-state index contributed by atoms with van der Waals surface area (Å²) < 4.78 is 13.0. The molecule has 1 saturated carbocycles. The lowest BCUT2D eigenvalue weighted by Gasteiger charge is -2.30. The monoisotopic (exact) mass is 407 g/mol. The molecule has 30 heavy (non-hydrogen) atoms. The Morgan fingerprint density at radius 2 is 1.97 bits per heavy atom. The van der Waals surface area contributed by atoms with Gasteiger partial charge in [0.25, 0.3) is 0 Å². The number of anilines is 2. The number of methoxy groups -OCH3 is 1. The number of benzene rings is 2. The molecular weight excluding hydrogens is 378 g/mol.